The molecular formula is C14H19FN2S. The van der Waals surface area contributed by atoms with E-state index in [2.05, 4.69) is 18.7 Å². The van der Waals surface area contributed by atoms with Crippen LogP contribution in [0.15, 0.2) is 18.2 Å². The van der Waals surface area contributed by atoms with Gasteiger partial charge in [0.25, 0.3) is 0 Å². The molecule has 0 bridgehead atoms. The average Bonchev–Trinajstić information content (AvgIpc) is 2.60. The van der Waals surface area contributed by atoms with Crippen LogP contribution in [0.5, 0.6) is 0 Å². The standard InChI is InChI=1S/C14H19FN2S/c1-9-5-10(2)17(7-9)8-11-3-4-12(15)6-13(11)14(16)18/h3-4,6,9-10H,5,7-8H2,1-2H3,(H2,16,18). The lowest BCUT2D eigenvalue weighted by Crippen LogP contribution is -2.28. The third-order valence-electron chi connectivity index (χ3n) is 3.62. The van der Waals surface area contributed by atoms with Gasteiger partial charge in [-0.3, -0.25) is 4.90 Å². The lowest BCUT2D eigenvalue weighted by molar-refractivity contribution is 0.256. The number of nitrogens with two attached hydrogens (primary N) is 1. The SMILES string of the molecule is CC1CC(C)N(Cc2ccc(F)cc2C(N)=S)C1. The van der Waals surface area contributed by atoms with Gasteiger partial charge in [-0.15, -0.1) is 0 Å². The highest BCUT2D eigenvalue weighted by Crippen LogP contribution is 2.25. The van der Waals surface area contributed by atoms with Gasteiger partial charge < -0.3 is 5.73 Å². The van der Waals surface area contributed by atoms with Crippen molar-refractivity contribution in [2.24, 2.45) is 11.7 Å². The molecule has 18 heavy (non-hydrogen) atoms. The van der Waals surface area contributed by atoms with E-state index in [1.165, 1.54) is 18.6 Å². The van der Waals surface area contributed by atoms with Crippen molar-refractivity contribution < 1.29 is 4.39 Å². The Labute approximate surface area is 113 Å². The van der Waals surface area contributed by atoms with Crippen LogP contribution in [0.25, 0.3) is 0 Å². The summed E-state index contributed by atoms with van der Waals surface area (Å²) in [7, 11) is 0. The number of nitrogens with zero attached hydrogens (tertiary/aromatic N) is 1. The van der Waals surface area contributed by atoms with E-state index in [4.69, 9.17) is 18.0 Å². The van der Waals surface area contributed by atoms with Gasteiger partial charge in [0.15, 0.2) is 0 Å². The Hall–Kier alpha value is -1.00. The van der Waals surface area contributed by atoms with Gasteiger partial charge in [-0.05, 0) is 37.0 Å². The molecule has 0 radical (unpaired) electrons. The zero-order valence-electron chi connectivity index (χ0n) is 10.8. The van der Waals surface area contributed by atoms with Gasteiger partial charge in [0, 0.05) is 24.7 Å². The minimum absolute atomic E-state index is 0.268. The minimum Gasteiger partial charge on any atom is -0.389 e. The van der Waals surface area contributed by atoms with Gasteiger partial charge >= 0.3 is 0 Å². The highest BCUT2D eigenvalue weighted by Gasteiger charge is 2.26. The normalized spacial score (nSPS) is 24.4. The Balaban J connectivity index is 2.21. The number of rotatable bonds is 3. The maximum absolute atomic E-state index is 13.2. The van der Waals surface area contributed by atoms with Gasteiger partial charge in [-0.2, -0.15) is 0 Å². The summed E-state index contributed by atoms with van der Waals surface area (Å²) in [5, 5.41) is 0. The van der Waals surface area contributed by atoms with E-state index in [0.29, 0.717) is 17.5 Å². The molecule has 2 nitrogen and oxygen atoms in total. The molecule has 1 aliphatic heterocycles. The van der Waals surface area contributed by atoms with Crippen molar-refractivity contribution in [1.82, 2.24) is 4.90 Å². The van der Waals surface area contributed by atoms with Crippen molar-refractivity contribution >= 4 is 17.2 Å². The zero-order valence-corrected chi connectivity index (χ0v) is 11.6. The van der Waals surface area contributed by atoms with Crippen molar-refractivity contribution in [2.75, 3.05) is 6.54 Å². The van der Waals surface area contributed by atoms with E-state index in [9.17, 15) is 4.39 Å². The van der Waals surface area contributed by atoms with Crippen LogP contribution in [0.1, 0.15) is 31.4 Å². The maximum atomic E-state index is 13.2. The summed E-state index contributed by atoms with van der Waals surface area (Å²) in [6, 6.07) is 5.26. The Morgan fingerprint density at radius 2 is 2.22 bits per heavy atom. The first kappa shape index (κ1) is 13.4. The highest BCUT2D eigenvalue weighted by molar-refractivity contribution is 7.80. The molecule has 0 amide bonds. The van der Waals surface area contributed by atoms with Crippen LogP contribution in [0.4, 0.5) is 4.39 Å². The lowest BCUT2D eigenvalue weighted by atomic mass is 10.1. The van der Waals surface area contributed by atoms with E-state index in [0.717, 1.165) is 18.7 Å². The molecular weight excluding hydrogens is 247 g/mol. The topological polar surface area (TPSA) is 29.3 Å². The van der Waals surface area contributed by atoms with E-state index in [1.54, 1.807) is 6.07 Å². The maximum Gasteiger partial charge on any atom is 0.123 e. The van der Waals surface area contributed by atoms with Gasteiger partial charge in [0.05, 0.1) is 0 Å². The molecule has 2 N–H and O–H groups in total. The van der Waals surface area contributed by atoms with Crippen LogP contribution in [-0.4, -0.2) is 22.5 Å². The molecule has 2 atom stereocenters. The van der Waals surface area contributed by atoms with E-state index >= 15 is 0 Å². The first-order valence-corrected chi connectivity index (χ1v) is 6.70. The fraction of sp³-hybridized carbons (Fsp3) is 0.500. The second-order valence-electron chi connectivity index (χ2n) is 5.29. The second-order valence-corrected chi connectivity index (χ2v) is 5.72. The summed E-state index contributed by atoms with van der Waals surface area (Å²) >= 11 is 5.00. The average molecular weight is 266 g/mol. The third kappa shape index (κ3) is 2.87. The molecule has 0 aromatic heterocycles. The van der Waals surface area contributed by atoms with Crippen LogP contribution >= 0.6 is 12.2 Å². The molecule has 2 unspecified atom stereocenters. The predicted molar refractivity (Wildman–Crippen MR) is 75.9 cm³/mol. The van der Waals surface area contributed by atoms with Gasteiger partial charge in [-0.25, -0.2) is 4.39 Å². The van der Waals surface area contributed by atoms with Crippen molar-refractivity contribution in [1.29, 1.82) is 0 Å². The fourth-order valence-corrected chi connectivity index (χ4v) is 2.93. The molecule has 1 saturated heterocycles. The summed E-state index contributed by atoms with van der Waals surface area (Å²) in [6.07, 6.45) is 1.21. The Kier molecular flexibility index (Phi) is 3.97. The lowest BCUT2D eigenvalue weighted by Gasteiger charge is -2.22. The summed E-state index contributed by atoms with van der Waals surface area (Å²) in [6.45, 7) is 6.36. The molecule has 1 aromatic rings. The van der Waals surface area contributed by atoms with Crippen LogP contribution in [0, 0.1) is 11.7 Å². The van der Waals surface area contributed by atoms with Crippen molar-refractivity contribution in [3.8, 4) is 0 Å². The number of hydrogen-bond acceptors (Lipinski definition) is 2. The zero-order chi connectivity index (χ0) is 13.3. The molecule has 1 fully saturated rings. The summed E-state index contributed by atoms with van der Waals surface area (Å²) in [5.41, 5.74) is 7.35. The Bertz CT molecular complexity index is 461. The molecule has 0 spiro atoms. The largest absolute Gasteiger partial charge is 0.389 e. The van der Waals surface area contributed by atoms with Crippen LogP contribution in [-0.2, 0) is 6.54 Å². The van der Waals surface area contributed by atoms with Crippen molar-refractivity contribution in [2.45, 2.75) is 32.9 Å². The Morgan fingerprint density at radius 1 is 1.50 bits per heavy atom. The van der Waals surface area contributed by atoms with Gasteiger partial charge in [-0.1, -0.05) is 25.2 Å². The Morgan fingerprint density at radius 3 is 2.78 bits per heavy atom. The number of benzene rings is 1. The molecule has 2 rings (SSSR count). The number of halogens is 1. The first-order chi connectivity index (χ1) is 8.47. The smallest absolute Gasteiger partial charge is 0.123 e. The highest BCUT2D eigenvalue weighted by atomic mass is 32.1. The number of likely N-dealkylation sites (tertiary alicyclic amines) is 1. The van der Waals surface area contributed by atoms with Gasteiger partial charge in [0.1, 0.15) is 10.8 Å². The quantitative estimate of drug-likeness (QED) is 0.853. The summed E-state index contributed by atoms with van der Waals surface area (Å²) < 4.78 is 13.2. The fourth-order valence-electron chi connectivity index (χ4n) is 2.74. The van der Waals surface area contributed by atoms with Crippen molar-refractivity contribution in [3.05, 3.63) is 35.1 Å². The van der Waals surface area contributed by atoms with Crippen LogP contribution < -0.4 is 5.73 Å². The molecule has 0 aliphatic carbocycles. The van der Waals surface area contributed by atoms with E-state index in [1.807, 2.05) is 0 Å². The van der Waals surface area contributed by atoms with Gasteiger partial charge in [0.2, 0.25) is 0 Å². The monoisotopic (exact) mass is 266 g/mol. The van der Waals surface area contributed by atoms with Crippen LogP contribution in [0.2, 0.25) is 0 Å². The predicted octanol–water partition coefficient (Wildman–Crippen LogP) is 2.69. The number of hydrogen-bond donors (Lipinski definition) is 1. The van der Waals surface area contributed by atoms with E-state index < -0.39 is 0 Å². The second kappa shape index (κ2) is 5.33. The molecule has 1 aromatic carbocycles. The van der Waals surface area contributed by atoms with Crippen molar-refractivity contribution in [3.63, 3.8) is 0 Å². The van der Waals surface area contributed by atoms with Crippen LogP contribution in [0.3, 0.4) is 0 Å². The molecule has 1 heterocycles. The molecule has 0 saturated carbocycles. The summed E-state index contributed by atoms with van der Waals surface area (Å²) in [4.78, 5) is 2.67. The van der Waals surface area contributed by atoms with E-state index in [-0.39, 0.29) is 10.8 Å². The summed E-state index contributed by atoms with van der Waals surface area (Å²) in [5.74, 6) is 0.429. The number of thiocarbonyl (C=S) groups is 1. The molecule has 98 valence electrons. The third-order valence-corrected chi connectivity index (χ3v) is 3.84. The molecule has 4 heteroatoms. The molecule has 1 aliphatic rings. The minimum atomic E-state index is -0.288. The first-order valence-electron chi connectivity index (χ1n) is 6.29.